The topological polar surface area (TPSA) is 93.2 Å². The average Bonchev–Trinajstić information content (AvgIpc) is 2.70. The molecule has 7 nitrogen and oxygen atoms in total. The molecule has 1 amide bonds. The van der Waals surface area contributed by atoms with Gasteiger partial charge in [0.15, 0.2) is 0 Å². The van der Waals surface area contributed by atoms with Crippen LogP contribution in [0.25, 0.3) is 0 Å². The van der Waals surface area contributed by atoms with E-state index in [0.29, 0.717) is 16.9 Å². The number of methoxy groups -OCH3 is 1. The molecule has 3 rings (SSSR count). The fraction of sp³-hybridized carbons (Fsp3) is 0.100. The van der Waals surface area contributed by atoms with Crippen molar-refractivity contribution >= 4 is 29.2 Å². The summed E-state index contributed by atoms with van der Waals surface area (Å²) < 4.78 is 32.1. The molecule has 0 aliphatic heterocycles. The number of benzene rings is 2. The lowest BCUT2D eigenvalue weighted by Crippen LogP contribution is -2.17. The number of aromatic nitrogens is 2. The van der Waals surface area contributed by atoms with Crippen LogP contribution in [0.4, 0.5) is 26.1 Å². The number of hydrogen-bond donors (Lipinski definition) is 2. The van der Waals surface area contributed by atoms with E-state index >= 15 is 0 Å². The number of carbonyl (C=O) groups excluding carboxylic acids is 2. The van der Waals surface area contributed by atoms with Gasteiger partial charge in [-0.3, -0.25) is 4.79 Å². The normalized spacial score (nSPS) is 10.3. The number of amides is 1. The quantitative estimate of drug-likeness (QED) is 0.635. The smallest absolute Gasteiger partial charge is 0.337 e. The van der Waals surface area contributed by atoms with Crippen LogP contribution in [-0.4, -0.2) is 29.0 Å². The van der Waals surface area contributed by atoms with Crippen LogP contribution >= 0.6 is 0 Å². The first-order chi connectivity index (χ1) is 13.9. The molecule has 29 heavy (non-hydrogen) atoms. The molecule has 3 aromatic rings. The van der Waals surface area contributed by atoms with Crippen molar-refractivity contribution in [3.63, 3.8) is 0 Å². The Morgan fingerprint density at radius 1 is 1.00 bits per heavy atom. The third-order valence-electron chi connectivity index (χ3n) is 3.85. The van der Waals surface area contributed by atoms with Crippen molar-refractivity contribution in [3.05, 3.63) is 77.1 Å². The lowest BCUT2D eigenvalue weighted by molar-refractivity contribution is 0.0600. The zero-order valence-corrected chi connectivity index (χ0v) is 15.5. The van der Waals surface area contributed by atoms with E-state index < -0.39 is 29.2 Å². The molecular formula is C20H16F2N4O3. The summed E-state index contributed by atoms with van der Waals surface area (Å²) >= 11 is 0. The van der Waals surface area contributed by atoms with E-state index in [1.165, 1.54) is 19.2 Å². The largest absolute Gasteiger partial charge is 0.465 e. The summed E-state index contributed by atoms with van der Waals surface area (Å²) in [5, 5.41) is 5.09. The van der Waals surface area contributed by atoms with Gasteiger partial charge < -0.3 is 15.4 Å². The van der Waals surface area contributed by atoms with E-state index in [4.69, 9.17) is 0 Å². The number of para-hydroxylation sites is 1. The van der Waals surface area contributed by atoms with Crippen LogP contribution < -0.4 is 10.6 Å². The monoisotopic (exact) mass is 398 g/mol. The highest BCUT2D eigenvalue weighted by Gasteiger charge is 2.16. The Kier molecular flexibility index (Phi) is 5.77. The van der Waals surface area contributed by atoms with Crippen molar-refractivity contribution in [1.29, 1.82) is 0 Å². The summed E-state index contributed by atoms with van der Waals surface area (Å²) in [6.45, 7) is 1.65. The maximum atomic E-state index is 13.8. The second-order valence-electron chi connectivity index (χ2n) is 5.96. The van der Waals surface area contributed by atoms with Gasteiger partial charge in [0, 0.05) is 11.4 Å². The van der Waals surface area contributed by atoms with Gasteiger partial charge >= 0.3 is 5.97 Å². The zero-order chi connectivity index (χ0) is 21.0. The molecule has 1 heterocycles. The van der Waals surface area contributed by atoms with Gasteiger partial charge in [-0.15, -0.1) is 0 Å². The molecule has 2 aromatic carbocycles. The van der Waals surface area contributed by atoms with Gasteiger partial charge in [0.25, 0.3) is 5.91 Å². The number of aryl methyl sites for hydroxylation is 1. The molecule has 0 bridgehead atoms. The molecule has 0 aliphatic carbocycles. The third kappa shape index (κ3) is 4.70. The molecule has 0 saturated heterocycles. The molecule has 1 aromatic heterocycles. The lowest BCUT2D eigenvalue weighted by Gasteiger charge is -2.10. The lowest BCUT2D eigenvalue weighted by atomic mass is 10.2. The maximum Gasteiger partial charge on any atom is 0.337 e. The minimum absolute atomic E-state index is 0.0752. The highest BCUT2D eigenvalue weighted by atomic mass is 19.1. The van der Waals surface area contributed by atoms with E-state index in [1.807, 2.05) is 0 Å². The van der Waals surface area contributed by atoms with E-state index in [0.717, 1.165) is 12.1 Å². The minimum atomic E-state index is -0.895. The van der Waals surface area contributed by atoms with Gasteiger partial charge in [0.05, 0.1) is 12.7 Å². The van der Waals surface area contributed by atoms with Crippen molar-refractivity contribution in [2.75, 3.05) is 17.7 Å². The maximum absolute atomic E-state index is 13.8. The number of nitrogens with zero attached hydrogens (tertiary/aromatic N) is 2. The molecule has 0 saturated carbocycles. The van der Waals surface area contributed by atoms with Crippen LogP contribution in [0.2, 0.25) is 0 Å². The summed E-state index contributed by atoms with van der Waals surface area (Å²) in [5.41, 5.74) is 0.772. The first-order valence-corrected chi connectivity index (χ1v) is 8.44. The Hall–Kier alpha value is -3.88. The Bertz CT molecular complexity index is 1050. The Morgan fingerprint density at radius 2 is 1.66 bits per heavy atom. The predicted molar refractivity (Wildman–Crippen MR) is 102 cm³/mol. The van der Waals surface area contributed by atoms with Gasteiger partial charge in [-0.2, -0.15) is 0 Å². The van der Waals surface area contributed by atoms with E-state index in [2.05, 4.69) is 25.3 Å². The number of anilines is 3. The van der Waals surface area contributed by atoms with Crippen LogP contribution in [-0.2, 0) is 4.74 Å². The summed E-state index contributed by atoms with van der Waals surface area (Å²) in [7, 11) is 1.29. The SMILES string of the molecule is COC(=O)c1ccc(Nc2nc(C)cc(C(=O)Nc3c(F)cccc3F)n2)cc1. The summed E-state index contributed by atoms with van der Waals surface area (Å²) in [4.78, 5) is 32.2. The van der Waals surface area contributed by atoms with E-state index in [9.17, 15) is 18.4 Å². The molecule has 9 heteroatoms. The minimum Gasteiger partial charge on any atom is -0.465 e. The highest BCUT2D eigenvalue weighted by Crippen LogP contribution is 2.20. The van der Waals surface area contributed by atoms with Crippen molar-refractivity contribution < 1.29 is 23.1 Å². The van der Waals surface area contributed by atoms with Crippen molar-refractivity contribution in [3.8, 4) is 0 Å². The molecule has 0 atom stereocenters. The second-order valence-corrected chi connectivity index (χ2v) is 5.96. The molecular weight excluding hydrogens is 382 g/mol. The van der Waals surface area contributed by atoms with Crippen molar-refractivity contribution in [1.82, 2.24) is 9.97 Å². The van der Waals surface area contributed by atoms with Crippen molar-refractivity contribution in [2.24, 2.45) is 0 Å². The Labute approximate surface area is 164 Å². The molecule has 0 radical (unpaired) electrons. The number of hydrogen-bond acceptors (Lipinski definition) is 6. The number of carbonyl (C=O) groups is 2. The first kappa shape index (κ1) is 19.9. The summed E-state index contributed by atoms with van der Waals surface area (Å²) in [6, 6.07) is 11.0. The standard InChI is InChI=1S/C20H16F2N4O3/c1-11-10-16(18(27)26-17-14(21)4-3-5-15(17)22)25-20(23-11)24-13-8-6-12(7-9-13)19(28)29-2/h3-10H,1-2H3,(H,26,27)(H,23,24,25). The highest BCUT2D eigenvalue weighted by molar-refractivity contribution is 6.03. The fourth-order valence-corrected chi connectivity index (χ4v) is 2.47. The Morgan fingerprint density at radius 3 is 2.28 bits per heavy atom. The fourth-order valence-electron chi connectivity index (χ4n) is 2.47. The van der Waals surface area contributed by atoms with Crippen LogP contribution in [0, 0.1) is 18.6 Å². The number of rotatable bonds is 5. The number of nitrogens with one attached hydrogen (secondary N) is 2. The van der Waals surface area contributed by atoms with Gasteiger partial charge in [-0.1, -0.05) is 6.07 Å². The van der Waals surface area contributed by atoms with Crippen LogP contribution in [0.5, 0.6) is 0 Å². The van der Waals surface area contributed by atoms with Gasteiger partial charge in [-0.25, -0.2) is 23.5 Å². The van der Waals surface area contributed by atoms with Crippen LogP contribution in [0.1, 0.15) is 26.5 Å². The number of esters is 1. The molecule has 2 N–H and O–H groups in total. The molecule has 148 valence electrons. The van der Waals surface area contributed by atoms with Gasteiger partial charge in [-0.05, 0) is 49.4 Å². The third-order valence-corrected chi connectivity index (χ3v) is 3.85. The summed E-state index contributed by atoms with van der Waals surface area (Å²) in [5.74, 6) is -2.94. The molecule has 0 unspecified atom stereocenters. The van der Waals surface area contributed by atoms with E-state index in [1.54, 1.807) is 31.2 Å². The number of ether oxygens (including phenoxy) is 1. The summed E-state index contributed by atoms with van der Waals surface area (Å²) in [6.07, 6.45) is 0. The van der Waals surface area contributed by atoms with Crippen LogP contribution in [0.15, 0.2) is 48.5 Å². The van der Waals surface area contributed by atoms with Gasteiger partial charge in [0.2, 0.25) is 5.95 Å². The average molecular weight is 398 g/mol. The predicted octanol–water partition coefficient (Wildman–Crippen LogP) is 3.85. The van der Waals surface area contributed by atoms with Crippen LogP contribution in [0.3, 0.4) is 0 Å². The van der Waals surface area contributed by atoms with Gasteiger partial charge in [0.1, 0.15) is 23.0 Å². The molecule has 0 aliphatic rings. The molecule has 0 spiro atoms. The Balaban J connectivity index is 1.81. The zero-order valence-electron chi connectivity index (χ0n) is 15.5. The van der Waals surface area contributed by atoms with E-state index in [-0.39, 0.29) is 11.6 Å². The second kappa shape index (κ2) is 8.42. The number of halogens is 2. The van der Waals surface area contributed by atoms with Crippen molar-refractivity contribution in [2.45, 2.75) is 6.92 Å². The first-order valence-electron chi connectivity index (χ1n) is 8.44. The molecule has 0 fully saturated rings.